The minimum Gasteiger partial charge on any atom is -0.491 e. The largest absolute Gasteiger partial charge is 0.491 e. The second-order valence-electron chi connectivity index (χ2n) is 9.68. The maximum Gasteiger partial charge on any atom is 0.219 e. The summed E-state index contributed by atoms with van der Waals surface area (Å²) in [6, 6.07) is 8.26. The number of carbonyl (C=O) groups excluding carboxylic acids is 1. The van der Waals surface area contributed by atoms with Crippen LogP contribution in [-0.2, 0) is 14.3 Å². The van der Waals surface area contributed by atoms with E-state index >= 15 is 0 Å². The lowest BCUT2D eigenvalue weighted by Crippen LogP contribution is -2.48. The van der Waals surface area contributed by atoms with Gasteiger partial charge in [-0.1, -0.05) is 37.5 Å². The molecule has 2 heterocycles. The summed E-state index contributed by atoms with van der Waals surface area (Å²) in [5, 5.41) is 0. The van der Waals surface area contributed by atoms with Gasteiger partial charge in [0.1, 0.15) is 18.5 Å². The lowest BCUT2D eigenvalue weighted by atomic mass is 9.79. The second kappa shape index (κ2) is 9.90. The molecule has 2 aliphatic heterocycles. The zero-order valence-corrected chi connectivity index (χ0v) is 19.7. The fraction of sp³-hybridized carbons (Fsp3) is 0.593. The van der Waals surface area contributed by atoms with Crippen LogP contribution in [0.3, 0.4) is 0 Å². The van der Waals surface area contributed by atoms with E-state index in [-0.39, 0.29) is 12.0 Å². The minimum atomic E-state index is -0.566. The van der Waals surface area contributed by atoms with E-state index in [1.165, 1.54) is 43.4 Å². The highest BCUT2D eigenvalue weighted by Crippen LogP contribution is 2.46. The van der Waals surface area contributed by atoms with Crippen LogP contribution in [-0.4, -0.2) is 62.1 Å². The maximum absolute atomic E-state index is 11.5. The Kier molecular flexibility index (Phi) is 6.74. The molecule has 2 aliphatic carbocycles. The van der Waals surface area contributed by atoms with Crippen molar-refractivity contribution in [2.75, 3.05) is 44.3 Å². The summed E-state index contributed by atoms with van der Waals surface area (Å²) >= 11 is 0. The smallest absolute Gasteiger partial charge is 0.219 e. The van der Waals surface area contributed by atoms with E-state index in [1.54, 1.807) is 6.92 Å². The number of anilines is 1. The van der Waals surface area contributed by atoms with Crippen LogP contribution in [0, 0.1) is 5.92 Å². The predicted molar refractivity (Wildman–Crippen MR) is 128 cm³/mol. The van der Waals surface area contributed by atoms with Crippen LogP contribution in [0.2, 0.25) is 0 Å². The van der Waals surface area contributed by atoms with E-state index in [4.69, 9.17) is 14.2 Å². The highest BCUT2D eigenvalue weighted by atomic mass is 16.8. The van der Waals surface area contributed by atoms with Gasteiger partial charge in [0.05, 0.1) is 6.61 Å². The molecule has 6 heteroatoms. The quantitative estimate of drug-likeness (QED) is 0.644. The third kappa shape index (κ3) is 4.82. The van der Waals surface area contributed by atoms with Gasteiger partial charge in [0.15, 0.2) is 5.79 Å². The van der Waals surface area contributed by atoms with Crippen molar-refractivity contribution in [3.05, 3.63) is 48.1 Å². The highest BCUT2D eigenvalue weighted by Gasteiger charge is 2.50. The number of hydrogen-bond donors (Lipinski definition) is 0. The van der Waals surface area contributed by atoms with Crippen LogP contribution in [0.15, 0.2) is 48.1 Å². The zero-order valence-electron chi connectivity index (χ0n) is 19.7. The molecule has 1 aromatic carbocycles. The van der Waals surface area contributed by atoms with E-state index in [0.29, 0.717) is 19.1 Å². The lowest BCUT2D eigenvalue weighted by molar-refractivity contribution is -0.185. The number of amides is 1. The second-order valence-corrected chi connectivity index (χ2v) is 9.68. The first kappa shape index (κ1) is 22.5. The molecule has 178 valence electrons. The van der Waals surface area contributed by atoms with Gasteiger partial charge in [-0.25, -0.2) is 0 Å². The van der Waals surface area contributed by atoms with Gasteiger partial charge >= 0.3 is 0 Å². The predicted octanol–water partition coefficient (Wildman–Crippen LogP) is 4.31. The molecule has 3 fully saturated rings. The average molecular weight is 453 g/mol. The Morgan fingerprint density at radius 1 is 1.09 bits per heavy atom. The number of nitrogens with zero attached hydrogens (tertiary/aromatic N) is 2. The molecule has 0 bridgehead atoms. The van der Waals surface area contributed by atoms with Gasteiger partial charge in [0, 0.05) is 44.7 Å². The molecule has 2 saturated heterocycles. The monoisotopic (exact) mass is 452 g/mol. The van der Waals surface area contributed by atoms with Crippen molar-refractivity contribution < 1.29 is 19.0 Å². The van der Waals surface area contributed by atoms with Gasteiger partial charge in [-0.2, -0.15) is 0 Å². The molecule has 1 amide bonds. The van der Waals surface area contributed by atoms with Gasteiger partial charge in [-0.05, 0) is 49.1 Å². The van der Waals surface area contributed by atoms with Gasteiger partial charge in [-0.15, -0.1) is 0 Å². The number of hydrogen-bond acceptors (Lipinski definition) is 5. The number of allylic oxidation sites excluding steroid dienone is 3. The van der Waals surface area contributed by atoms with Gasteiger partial charge in [0.2, 0.25) is 5.91 Å². The topological polar surface area (TPSA) is 51.2 Å². The summed E-state index contributed by atoms with van der Waals surface area (Å²) in [5.74, 6) is 0.875. The van der Waals surface area contributed by atoms with Crippen molar-refractivity contribution in [1.82, 2.24) is 4.90 Å². The summed E-state index contributed by atoms with van der Waals surface area (Å²) in [7, 11) is 0. The summed E-state index contributed by atoms with van der Waals surface area (Å²) in [6.07, 6.45) is 13.6. The number of rotatable bonds is 6. The Labute approximate surface area is 197 Å². The molecule has 4 aliphatic rings. The molecule has 6 nitrogen and oxygen atoms in total. The molecule has 0 spiro atoms. The van der Waals surface area contributed by atoms with E-state index < -0.39 is 5.79 Å². The standard InChI is InChI=1S/C27H36N2O4/c1-21(30)28-15-17-29(18-16-28)24-11-13-25(14-12-24)31-19-26-20-32-27(33-26,23-9-5-6-10-23)22-7-3-2-4-8-22/h5-6,9,11-14,22,26H,2-4,7-8,10,15-20H2,1H3. The van der Waals surface area contributed by atoms with Crippen LogP contribution in [0.5, 0.6) is 5.75 Å². The van der Waals surface area contributed by atoms with E-state index in [9.17, 15) is 4.79 Å². The first-order chi connectivity index (χ1) is 16.1. The van der Waals surface area contributed by atoms with Crippen LogP contribution >= 0.6 is 0 Å². The van der Waals surface area contributed by atoms with Crippen LogP contribution in [0.4, 0.5) is 5.69 Å². The number of carbonyl (C=O) groups is 1. The molecule has 2 unspecified atom stereocenters. The minimum absolute atomic E-state index is 0.0623. The molecule has 1 saturated carbocycles. The molecule has 0 radical (unpaired) electrons. The third-order valence-corrected chi connectivity index (χ3v) is 7.55. The molecular weight excluding hydrogens is 416 g/mol. The SMILES string of the molecule is CC(=O)N1CCN(c2ccc(OCC3COC(C4=CC=CC4)(C4CCCCC4)O3)cc2)CC1. The first-order valence-electron chi connectivity index (χ1n) is 12.6. The van der Waals surface area contributed by atoms with Gasteiger partial charge < -0.3 is 24.0 Å². The zero-order chi connectivity index (χ0) is 22.7. The Morgan fingerprint density at radius 2 is 1.85 bits per heavy atom. The van der Waals surface area contributed by atoms with Gasteiger partial charge in [0.25, 0.3) is 0 Å². The van der Waals surface area contributed by atoms with Crippen molar-refractivity contribution in [3.63, 3.8) is 0 Å². The first-order valence-corrected chi connectivity index (χ1v) is 12.6. The number of piperazine rings is 1. The van der Waals surface area contributed by atoms with E-state index in [1.807, 2.05) is 17.0 Å². The molecule has 33 heavy (non-hydrogen) atoms. The molecule has 0 aromatic heterocycles. The van der Waals surface area contributed by atoms with Gasteiger partial charge in [-0.3, -0.25) is 4.79 Å². The third-order valence-electron chi connectivity index (χ3n) is 7.55. The number of ether oxygens (including phenoxy) is 3. The normalized spacial score (nSPS) is 28.3. The molecule has 1 aromatic rings. The maximum atomic E-state index is 11.5. The Bertz CT molecular complexity index is 882. The van der Waals surface area contributed by atoms with Crippen molar-refractivity contribution in [3.8, 4) is 5.75 Å². The Hall–Kier alpha value is -2.31. The Balaban J connectivity index is 1.16. The van der Waals surface area contributed by atoms with Crippen molar-refractivity contribution in [2.24, 2.45) is 5.92 Å². The molecule has 0 N–H and O–H groups in total. The molecule has 2 atom stereocenters. The fourth-order valence-electron chi connectivity index (χ4n) is 5.67. The summed E-state index contributed by atoms with van der Waals surface area (Å²) < 4.78 is 19.2. The van der Waals surface area contributed by atoms with Crippen molar-refractivity contribution in [1.29, 1.82) is 0 Å². The van der Waals surface area contributed by atoms with Crippen molar-refractivity contribution >= 4 is 11.6 Å². The average Bonchev–Trinajstić information content (AvgIpc) is 3.55. The summed E-state index contributed by atoms with van der Waals surface area (Å²) in [5.41, 5.74) is 2.44. The van der Waals surface area contributed by atoms with Crippen LogP contribution < -0.4 is 9.64 Å². The van der Waals surface area contributed by atoms with Crippen LogP contribution in [0.25, 0.3) is 0 Å². The van der Waals surface area contributed by atoms with E-state index in [0.717, 1.165) is 38.3 Å². The molecule has 5 rings (SSSR count). The summed E-state index contributed by atoms with van der Waals surface area (Å²) in [4.78, 5) is 15.8. The van der Waals surface area contributed by atoms with Crippen molar-refractivity contribution in [2.45, 2.75) is 57.3 Å². The lowest BCUT2D eigenvalue weighted by Gasteiger charge is -2.39. The summed E-state index contributed by atoms with van der Waals surface area (Å²) in [6.45, 7) is 5.99. The van der Waals surface area contributed by atoms with E-state index in [2.05, 4.69) is 35.3 Å². The van der Waals surface area contributed by atoms with Crippen LogP contribution in [0.1, 0.15) is 45.4 Å². The highest BCUT2D eigenvalue weighted by molar-refractivity contribution is 5.73. The fourth-order valence-corrected chi connectivity index (χ4v) is 5.67. The number of benzene rings is 1. The molecular formula is C27H36N2O4. The Morgan fingerprint density at radius 3 is 2.52 bits per heavy atom.